The standard InChI is InChI=1S/C15H13ClN2O2/c1-8-11(10-5-6-13(19)18-15(10)20)7-9-3-2-4-12(16)14(9)17-8/h2-4,7,10H,5-6H2,1H3,(H,18,19,20). The first-order valence-corrected chi connectivity index (χ1v) is 6.83. The topological polar surface area (TPSA) is 59.1 Å². The Hall–Kier alpha value is -1.94. The second-order valence-electron chi connectivity index (χ2n) is 4.98. The van der Waals surface area contributed by atoms with Crippen molar-refractivity contribution >= 4 is 34.3 Å². The summed E-state index contributed by atoms with van der Waals surface area (Å²) in [7, 11) is 0. The van der Waals surface area contributed by atoms with Crippen molar-refractivity contribution in [3.8, 4) is 0 Å². The highest BCUT2D eigenvalue weighted by molar-refractivity contribution is 6.35. The molecule has 1 aromatic heterocycles. The van der Waals surface area contributed by atoms with Gasteiger partial charge >= 0.3 is 0 Å². The van der Waals surface area contributed by atoms with Crippen LogP contribution < -0.4 is 5.32 Å². The number of nitrogens with one attached hydrogen (secondary N) is 1. The van der Waals surface area contributed by atoms with Crippen molar-refractivity contribution in [2.75, 3.05) is 0 Å². The number of hydrogen-bond acceptors (Lipinski definition) is 3. The minimum Gasteiger partial charge on any atom is -0.296 e. The third-order valence-corrected chi connectivity index (χ3v) is 3.95. The lowest BCUT2D eigenvalue weighted by atomic mass is 9.89. The van der Waals surface area contributed by atoms with Crippen LogP contribution in [0.5, 0.6) is 0 Å². The highest BCUT2D eigenvalue weighted by atomic mass is 35.5. The summed E-state index contributed by atoms with van der Waals surface area (Å²) in [5.41, 5.74) is 2.38. The summed E-state index contributed by atoms with van der Waals surface area (Å²) in [5, 5.41) is 3.89. The molecule has 2 amide bonds. The van der Waals surface area contributed by atoms with Crippen molar-refractivity contribution < 1.29 is 9.59 Å². The van der Waals surface area contributed by atoms with Crippen LogP contribution >= 0.6 is 11.6 Å². The third-order valence-electron chi connectivity index (χ3n) is 3.64. The number of carbonyl (C=O) groups is 2. The van der Waals surface area contributed by atoms with E-state index in [1.54, 1.807) is 6.07 Å². The first kappa shape index (κ1) is 13.1. The molecular formula is C15H13ClN2O2. The van der Waals surface area contributed by atoms with Gasteiger partial charge in [0.1, 0.15) is 0 Å². The normalized spacial score (nSPS) is 19.2. The van der Waals surface area contributed by atoms with Crippen LogP contribution in [-0.2, 0) is 9.59 Å². The molecule has 3 rings (SSSR count). The van der Waals surface area contributed by atoms with Gasteiger partial charge in [-0.2, -0.15) is 0 Å². The molecule has 1 aliphatic rings. The fourth-order valence-corrected chi connectivity index (χ4v) is 2.84. The number of para-hydroxylation sites is 1. The molecule has 1 aromatic carbocycles. The zero-order valence-corrected chi connectivity index (χ0v) is 11.7. The Morgan fingerprint density at radius 2 is 2.15 bits per heavy atom. The number of fused-ring (bicyclic) bond motifs is 1. The van der Waals surface area contributed by atoms with Gasteiger partial charge in [0.05, 0.1) is 16.5 Å². The first-order chi connectivity index (χ1) is 9.56. The van der Waals surface area contributed by atoms with Crippen LogP contribution in [0, 0.1) is 6.92 Å². The molecule has 1 N–H and O–H groups in total. The molecule has 4 nitrogen and oxygen atoms in total. The molecule has 1 fully saturated rings. The lowest BCUT2D eigenvalue weighted by molar-refractivity contribution is -0.134. The van der Waals surface area contributed by atoms with Gasteiger partial charge in [-0.25, -0.2) is 0 Å². The van der Waals surface area contributed by atoms with Crippen LogP contribution in [0.1, 0.15) is 30.0 Å². The molecule has 0 spiro atoms. The number of imide groups is 1. The molecule has 1 unspecified atom stereocenters. The molecule has 5 heteroatoms. The van der Waals surface area contributed by atoms with Gasteiger partial charge in [0, 0.05) is 17.5 Å². The zero-order valence-electron chi connectivity index (χ0n) is 10.9. The highest BCUT2D eigenvalue weighted by Crippen LogP contribution is 2.31. The summed E-state index contributed by atoms with van der Waals surface area (Å²) in [5.74, 6) is -0.767. The number of hydrogen-bond donors (Lipinski definition) is 1. The average Bonchev–Trinajstić information content (AvgIpc) is 2.40. The van der Waals surface area contributed by atoms with Gasteiger partial charge in [0.25, 0.3) is 0 Å². The van der Waals surface area contributed by atoms with Gasteiger partial charge in [0.15, 0.2) is 0 Å². The molecule has 20 heavy (non-hydrogen) atoms. The van der Waals surface area contributed by atoms with E-state index in [0.717, 1.165) is 22.2 Å². The maximum absolute atomic E-state index is 12.0. The number of piperidine rings is 1. The van der Waals surface area contributed by atoms with Crippen molar-refractivity contribution in [1.82, 2.24) is 10.3 Å². The van der Waals surface area contributed by atoms with Crippen molar-refractivity contribution in [3.63, 3.8) is 0 Å². The number of benzene rings is 1. The summed E-state index contributed by atoms with van der Waals surface area (Å²) < 4.78 is 0. The fourth-order valence-electron chi connectivity index (χ4n) is 2.61. The predicted octanol–water partition coefficient (Wildman–Crippen LogP) is 2.72. The number of aryl methyl sites for hydroxylation is 1. The highest BCUT2D eigenvalue weighted by Gasteiger charge is 2.29. The van der Waals surface area contributed by atoms with E-state index in [-0.39, 0.29) is 17.7 Å². The van der Waals surface area contributed by atoms with Gasteiger partial charge in [-0.3, -0.25) is 19.9 Å². The molecular weight excluding hydrogens is 276 g/mol. The molecule has 0 bridgehead atoms. The van der Waals surface area contributed by atoms with Gasteiger partial charge in [0.2, 0.25) is 11.8 Å². The maximum Gasteiger partial charge on any atom is 0.234 e. The van der Waals surface area contributed by atoms with Gasteiger partial charge in [-0.05, 0) is 31.0 Å². The number of rotatable bonds is 1. The van der Waals surface area contributed by atoms with E-state index < -0.39 is 0 Å². The molecule has 2 heterocycles. The van der Waals surface area contributed by atoms with Crippen LogP contribution in [0.2, 0.25) is 5.02 Å². The number of pyridine rings is 1. The summed E-state index contributed by atoms with van der Waals surface area (Å²) in [6.07, 6.45) is 0.892. The zero-order chi connectivity index (χ0) is 14.3. The number of aromatic nitrogens is 1. The van der Waals surface area contributed by atoms with Gasteiger partial charge in [-0.1, -0.05) is 23.7 Å². The van der Waals surface area contributed by atoms with Crippen LogP contribution in [0.25, 0.3) is 10.9 Å². The number of carbonyl (C=O) groups excluding carboxylic acids is 2. The minimum atomic E-state index is -0.316. The summed E-state index contributed by atoms with van der Waals surface area (Å²) in [6.45, 7) is 1.86. The Bertz CT molecular complexity index is 727. The van der Waals surface area contributed by atoms with E-state index in [4.69, 9.17) is 11.6 Å². The van der Waals surface area contributed by atoms with Crippen molar-refractivity contribution in [2.45, 2.75) is 25.7 Å². The van der Waals surface area contributed by atoms with Crippen LogP contribution in [0.3, 0.4) is 0 Å². The second-order valence-corrected chi connectivity index (χ2v) is 5.39. The van der Waals surface area contributed by atoms with Gasteiger partial charge < -0.3 is 0 Å². The van der Waals surface area contributed by atoms with E-state index in [1.807, 2.05) is 25.1 Å². The van der Waals surface area contributed by atoms with E-state index >= 15 is 0 Å². The van der Waals surface area contributed by atoms with Crippen molar-refractivity contribution in [1.29, 1.82) is 0 Å². The third kappa shape index (κ3) is 2.16. The van der Waals surface area contributed by atoms with E-state index in [2.05, 4.69) is 10.3 Å². The molecule has 1 saturated heterocycles. The van der Waals surface area contributed by atoms with E-state index in [0.29, 0.717) is 17.9 Å². The fraction of sp³-hybridized carbons (Fsp3) is 0.267. The Balaban J connectivity index is 2.10. The van der Waals surface area contributed by atoms with E-state index in [9.17, 15) is 9.59 Å². The van der Waals surface area contributed by atoms with Crippen molar-refractivity contribution in [3.05, 3.63) is 40.5 Å². The van der Waals surface area contributed by atoms with Crippen LogP contribution in [0.15, 0.2) is 24.3 Å². The largest absolute Gasteiger partial charge is 0.296 e. The number of nitrogens with zero attached hydrogens (tertiary/aromatic N) is 1. The minimum absolute atomic E-state index is 0.208. The molecule has 0 aliphatic carbocycles. The summed E-state index contributed by atoms with van der Waals surface area (Å²) in [4.78, 5) is 27.7. The number of halogens is 1. The molecule has 102 valence electrons. The summed E-state index contributed by atoms with van der Waals surface area (Å²) in [6, 6.07) is 7.52. The Morgan fingerprint density at radius 3 is 2.90 bits per heavy atom. The lowest BCUT2D eigenvalue weighted by Gasteiger charge is -2.22. The van der Waals surface area contributed by atoms with E-state index in [1.165, 1.54) is 0 Å². The van der Waals surface area contributed by atoms with Crippen LogP contribution in [0.4, 0.5) is 0 Å². The Morgan fingerprint density at radius 1 is 1.35 bits per heavy atom. The SMILES string of the molecule is Cc1nc2c(Cl)cccc2cc1C1CCC(=O)NC1=O. The molecule has 0 radical (unpaired) electrons. The molecule has 1 atom stereocenters. The van der Waals surface area contributed by atoms with Crippen molar-refractivity contribution in [2.24, 2.45) is 0 Å². The maximum atomic E-state index is 12.0. The Labute approximate surface area is 121 Å². The molecule has 2 aromatic rings. The second kappa shape index (κ2) is 4.87. The number of amides is 2. The molecule has 0 saturated carbocycles. The monoisotopic (exact) mass is 288 g/mol. The molecule has 1 aliphatic heterocycles. The predicted molar refractivity (Wildman–Crippen MR) is 76.6 cm³/mol. The summed E-state index contributed by atoms with van der Waals surface area (Å²) >= 11 is 6.13. The van der Waals surface area contributed by atoms with Crippen LogP contribution in [-0.4, -0.2) is 16.8 Å². The lowest BCUT2D eigenvalue weighted by Crippen LogP contribution is -2.39. The average molecular weight is 289 g/mol. The van der Waals surface area contributed by atoms with Gasteiger partial charge in [-0.15, -0.1) is 0 Å². The first-order valence-electron chi connectivity index (χ1n) is 6.45. The Kier molecular flexibility index (Phi) is 3.18. The quantitative estimate of drug-likeness (QED) is 0.821. The smallest absolute Gasteiger partial charge is 0.234 e.